The van der Waals surface area contributed by atoms with Crippen molar-refractivity contribution < 1.29 is 33.0 Å². The van der Waals surface area contributed by atoms with Crippen LogP contribution in [0.3, 0.4) is 0 Å². The number of hydrogen-bond acceptors (Lipinski definition) is 6. The fourth-order valence-electron chi connectivity index (χ4n) is 3.88. The van der Waals surface area contributed by atoms with Crippen molar-refractivity contribution in [3.8, 4) is 11.5 Å². The number of anilines is 2. The van der Waals surface area contributed by atoms with E-state index in [1.807, 2.05) is 54.6 Å². The smallest absolute Gasteiger partial charge is 0.335 e. The first-order valence-electron chi connectivity index (χ1n) is 12.2. The number of amides is 5. The molecule has 0 radical (unpaired) electrons. The number of aryl methyl sites for hydroxylation is 2. The van der Waals surface area contributed by atoms with Gasteiger partial charge in [-0.3, -0.25) is 19.7 Å². The molecule has 4 rings (SSSR count). The zero-order valence-electron chi connectivity index (χ0n) is 21.8. The van der Waals surface area contributed by atoms with Crippen LogP contribution in [0.25, 0.3) is 6.08 Å². The lowest BCUT2D eigenvalue weighted by Gasteiger charge is -2.26. The van der Waals surface area contributed by atoms with E-state index in [1.165, 1.54) is 18.2 Å². The zero-order valence-corrected chi connectivity index (χ0v) is 24.0. The van der Waals surface area contributed by atoms with Crippen LogP contribution in [0, 0.1) is 23.2 Å². The Balaban J connectivity index is 1.57. The second-order valence-corrected chi connectivity index (χ2v) is 10.00. The number of ether oxygens (including phenoxy) is 2. The predicted molar refractivity (Wildman–Crippen MR) is 156 cm³/mol. The minimum atomic E-state index is -0.939. The third-order valence-corrected chi connectivity index (χ3v) is 6.77. The van der Waals surface area contributed by atoms with E-state index in [0.717, 1.165) is 28.2 Å². The summed E-state index contributed by atoms with van der Waals surface area (Å²) in [6, 6.07) is 12.6. The van der Waals surface area contributed by atoms with Crippen molar-refractivity contribution in [2.24, 2.45) is 0 Å². The molecule has 1 saturated heterocycles. The van der Waals surface area contributed by atoms with E-state index in [0.29, 0.717) is 26.3 Å². The molecule has 206 valence electrons. The van der Waals surface area contributed by atoms with Crippen LogP contribution in [0.4, 0.5) is 20.6 Å². The Kier molecular flexibility index (Phi) is 8.83. The van der Waals surface area contributed by atoms with E-state index in [1.54, 1.807) is 19.1 Å². The van der Waals surface area contributed by atoms with Crippen LogP contribution in [0.15, 0.2) is 60.2 Å². The maximum atomic E-state index is 13.4. The Morgan fingerprint density at radius 3 is 2.42 bits per heavy atom. The number of imide groups is 2. The largest absolute Gasteiger partial charge is 0.490 e. The lowest BCUT2D eigenvalue weighted by atomic mass is 10.1. The van der Waals surface area contributed by atoms with Crippen LogP contribution in [0.5, 0.6) is 11.5 Å². The third kappa shape index (κ3) is 6.47. The van der Waals surface area contributed by atoms with Gasteiger partial charge in [0.05, 0.1) is 15.9 Å². The SMILES string of the molecule is CCOc1cc(/C=C2\C(=O)NC(=O)N(c3ccc(F)cc3)C2=O)cc(I)c1OCC(=O)Nc1ccc(C)c(C)c1. The second-order valence-electron chi connectivity index (χ2n) is 8.83. The summed E-state index contributed by atoms with van der Waals surface area (Å²) in [7, 11) is 0. The van der Waals surface area contributed by atoms with E-state index in [4.69, 9.17) is 9.47 Å². The van der Waals surface area contributed by atoms with E-state index in [9.17, 15) is 23.6 Å². The van der Waals surface area contributed by atoms with Gasteiger partial charge >= 0.3 is 6.03 Å². The summed E-state index contributed by atoms with van der Waals surface area (Å²) in [6.07, 6.45) is 1.32. The normalized spacial score (nSPS) is 14.3. The standard InChI is InChI=1S/C29H25FIN3O6/c1-4-39-24-14-18(12-22-27(36)33-29(38)34(28(22)37)21-9-6-19(30)7-10-21)13-23(31)26(24)40-15-25(35)32-20-8-5-16(2)17(3)11-20/h5-14H,4,15H2,1-3H3,(H,32,35)(H,33,36,38)/b22-12+. The maximum absolute atomic E-state index is 13.4. The molecule has 1 aliphatic heterocycles. The third-order valence-electron chi connectivity index (χ3n) is 5.97. The number of carbonyl (C=O) groups excluding carboxylic acids is 4. The van der Waals surface area contributed by atoms with Gasteiger partial charge in [0.15, 0.2) is 18.1 Å². The van der Waals surface area contributed by atoms with Gasteiger partial charge in [-0.1, -0.05) is 6.07 Å². The molecule has 3 aromatic carbocycles. The zero-order chi connectivity index (χ0) is 29.0. The number of rotatable bonds is 8. The van der Waals surface area contributed by atoms with Crippen LogP contribution in [-0.4, -0.2) is 37.0 Å². The molecule has 3 aromatic rings. The van der Waals surface area contributed by atoms with E-state index >= 15 is 0 Å². The molecule has 0 aromatic heterocycles. The molecule has 1 aliphatic rings. The highest BCUT2D eigenvalue weighted by Gasteiger charge is 2.37. The van der Waals surface area contributed by atoms with Crippen molar-refractivity contribution in [2.75, 3.05) is 23.4 Å². The highest BCUT2D eigenvalue weighted by atomic mass is 127. The minimum Gasteiger partial charge on any atom is -0.490 e. The molecule has 40 heavy (non-hydrogen) atoms. The highest BCUT2D eigenvalue weighted by Crippen LogP contribution is 2.35. The van der Waals surface area contributed by atoms with Gasteiger partial charge in [-0.2, -0.15) is 0 Å². The predicted octanol–water partition coefficient (Wildman–Crippen LogP) is 5.13. The number of halogens is 2. The summed E-state index contributed by atoms with van der Waals surface area (Å²) in [5, 5.41) is 4.93. The summed E-state index contributed by atoms with van der Waals surface area (Å²) < 4.78 is 25.4. The van der Waals surface area contributed by atoms with Gasteiger partial charge in [-0.05, 0) is 115 Å². The molecule has 5 amide bonds. The van der Waals surface area contributed by atoms with E-state index < -0.39 is 23.7 Å². The number of benzene rings is 3. The molecule has 0 saturated carbocycles. The minimum absolute atomic E-state index is 0.106. The number of carbonyl (C=O) groups is 4. The van der Waals surface area contributed by atoms with Gasteiger partial charge in [0, 0.05) is 5.69 Å². The summed E-state index contributed by atoms with van der Waals surface area (Å²) in [5.41, 5.74) is 3.04. The average molecular weight is 657 g/mol. The highest BCUT2D eigenvalue weighted by molar-refractivity contribution is 14.1. The molecule has 1 heterocycles. The Morgan fingerprint density at radius 2 is 1.75 bits per heavy atom. The Hall–Kier alpha value is -4.26. The van der Waals surface area contributed by atoms with Crippen LogP contribution >= 0.6 is 22.6 Å². The number of nitrogens with zero attached hydrogens (tertiary/aromatic N) is 1. The molecule has 0 bridgehead atoms. The first kappa shape index (κ1) is 28.7. The number of urea groups is 1. The van der Waals surface area contributed by atoms with Crippen LogP contribution in [0.1, 0.15) is 23.6 Å². The van der Waals surface area contributed by atoms with Crippen molar-refractivity contribution in [1.82, 2.24) is 5.32 Å². The summed E-state index contributed by atoms with van der Waals surface area (Å²) >= 11 is 2.00. The van der Waals surface area contributed by atoms with E-state index in [2.05, 4.69) is 10.6 Å². The first-order chi connectivity index (χ1) is 19.1. The van der Waals surface area contributed by atoms with E-state index in [-0.39, 0.29) is 30.4 Å². The van der Waals surface area contributed by atoms with Gasteiger partial charge in [0.1, 0.15) is 11.4 Å². The maximum Gasteiger partial charge on any atom is 0.335 e. The lowest BCUT2D eigenvalue weighted by molar-refractivity contribution is -0.122. The van der Waals surface area contributed by atoms with Crippen molar-refractivity contribution in [3.05, 3.63) is 86.2 Å². The van der Waals surface area contributed by atoms with Gasteiger partial charge in [0.25, 0.3) is 17.7 Å². The van der Waals surface area contributed by atoms with Gasteiger partial charge in [-0.15, -0.1) is 0 Å². The Labute approximate surface area is 243 Å². The summed E-state index contributed by atoms with van der Waals surface area (Å²) in [6.45, 7) is 5.72. The van der Waals surface area contributed by atoms with Crippen LogP contribution < -0.4 is 25.0 Å². The van der Waals surface area contributed by atoms with Crippen molar-refractivity contribution in [3.63, 3.8) is 0 Å². The molecular weight excluding hydrogens is 632 g/mol. The first-order valence-corrected chi connectivity index (χ1v) is 13.3. The van der Waals surface area contributed by atoms with Crippen molar-refractivity contribution in [2.45, 2.75) is 20.8 Å². The van der Waals surface area contributed by atoms with Crippen molar-refractivity contribution >= 4 is 63.8 Å². The average Bonchev–Trinajstić information content (AvgIpc) is 2.89. The van der Waals surface area contributed by atoms with Crippen LogP contribution in [-0.2, 0) is 14.4 Å². The molecule has 0 spiro atoms. The summed E-state index contributed by atoms with van der Waals surface area (Å²) in [4.78, 5) is 51.4. The molecule has 1 fully saturated rings. The number of hydrogen-bond donors (Lipinski definition) is 2. The lowest BCUT2D eigenvalue weighted by Crippen LogP contribution is -2.54. The van der Waals surface area contributed by atoms with Gasteiger partial charge < -0.3 is 14.8 Å². The molecular formula is C29H25FIN3O6. The number of barbiturate groups is 1. The quantitative estimate of drug-likeness (QED) is 0.197. The topological polar surface area (TPSA) is 114 Å². The second kappa shape index (κ2) is 12.3. The van der Waals surface area contributed by atoms with Crippen molar-refractivity contribution in [1.29, 1.82) is 0 Å². The molecule has 9 nitrogen and oxygen atoms in total. The summed E-state index contributed by atoms with van der Waals surface area (Å²) in [5.74, 6) is -2.01. The fourth-order valence-corrected chi connectivity index (χ4v) is 4.66. The van der Waals surface area contributed by atoms with Gasteiger partial charge in [-0.25, -0.2) is 14.1 Å². The molecule has 11 heteroatoms. The van der Waals surface area contributed by atoms with Gasteiger partial charge in [0.2, 0.25) is 0 Å². The molecule has 0 aliphatic carbocycles. The Bertz CT molecular complexity index is 1540. The molecule has 2 N–H and O–H groups in total. The monoisotopic (exact) mass is 657 g/mol. The fraction of sp³-hybridized carbons (Fsp3) is 0.172. The number of nitrogens with one attached hydrogen (secondary N) is 2. The molecule has 0 atom stereocenters. The Morgan fingerprint density at radius 1 is 1.02 bits per heavy atom. The molecule has 0 unspecified atom stereocenters. The van der Waals surface area contributed by atoms with Crippen LogP contribution in [0.2, 0.25) is 0 Å².